The number of hydrogen-bond donors (Lipinski definition) is 1. The summed E-state index contributed by atoms with van der Waals surface area (Å²) in [5.74, 6) is -0.0461. The average Bonchev–Trinajstić information content (AvgIpc) is 3.45. The maximum Gasteiger partial charge on any atom is 0.320 e. The van der Waals surface area contributed by atoms with E-state index in [0.29, 0.717) is 58.2 Å². The average molecular weight is 672 g/mol. The number of nitrogens with zero attached hydrogens (tertiary/aromatic N) is 6. The number of hydrogen-bond acceptors (Lipinski definition) is 10. The molecule has 15 heteroatoms. The van der Waals surface area contributed by atoms with Gasteiger partial charge in [-0.25, -0.2) is 14.2 Å². The number of nitrogens with one attached hydrogen (secondary N) is 1. The number of anilines is 1. The Morgan fingerprint density at radius 1 is 1.08 bits per heavy atom. The number of azide groups is 1. The molecule has 2 aliphatic heterocycles. The van der Waals surface area contributed by atoms with Crippen LogP contribution in [0, 0.1) is 5.82 Å². The Kier molecular flexibility index (Phi) is 15.5. The van der Waals surface area contributed by atoms with E-state index in [1.165, 1.54) is 17.7 Å². The SMILES string of the molecule is CCOC(=O)C[C@H](c1ccc(OCCOCCOCCOCCN=[N+]=[N-])c(F)c1)N1CCN(CCCc2ccc3c(n2)NCCC3)C1=O. The molecule has 4 rings (SSSR count). The minimum absolute atomic E-state index is 0.0479. The number of rotatable bonds is 22. The molecule has 0 aliphatic carbocycles. The minimum atomic E-state index is -0.682. The number of fused-ring (bicyclic) bond motifs is 1. The van der Waals surface area contributed by atoms with E-state index in [-0.39, 0.29) is 44.6 Å². The zero-order valence-corrected chi connectivity index (χ0v) is 27.6. The number of pyridine rings is 1. The van der Waals surface area contributed by atoms with Crippen LogP contribution in [0.15, 0.2) is 35.4 Å². The number of benzene rings is 1. The van der Waals surface area contributed by atoms with Crippen molar-refractivity contribution in [2.75, 3.05) is 90.9 Å². The zero-order valence-electron chi connectivity index (χ0n) is 27.6. The lowest BCUT2D eigenvalue weighted by Crippen LogP contribution is -2.36. The quantitative estimate of drug-likeness (QED) is 0.0616. The van der Waals surface area contributed by atoms with Gasteiger partial charge in [-0.2, -0.15) is 0 Å². The van der Waals surface area contributed by atoms with Gasteiger partial charge in [0.25, 0.3) is 0 Å². The fraction of sp³-hybridized carbons (Fsp3) is 0.606. The van der Waals surface area contributed by atoms with E-state index >= 15 is 4.39 Å². The number of amides is 2. The maximum atomic E-state index is 15.2. The van der Waals surface area contributed by atoms with Crippen molar-refractivity contribution in [1.29, 1.82) is 0 Å². The van der Waals surface area contributed by atoms with Gasteiger partial charge in [0.2, 0.25) is 0 Å². The van der Waals surface area contributed by atoms with E-state index in [2.05, 4.69) is 27.5 Å². The fourth-order valence-corrected chi connectivity index (χ4v) is 5.59. The van der Waals surface area contributed by atoms with Gasteiger partial charge in [-0.05, 0) is 67.5 Å². The summed E-state index contributed by atoms with van der Waals surface area (Å²) in [4.78, 5) is 36.9. The van der Waals surface area contributed by atoms with Crippen molar-refractivity contribution < 1.29 is 37.7 Å². The molecule has 2 aliphatic rings. The molecule has 2 aromatic rings. The molecule has 0 bridgehead atoms. The summed E-state index contributed by atoms with van der Waals surface area (Å²) in [5.41, 5.74) is 10.9. The molecular formula is C33H46FN7O7. The molecule has 1 saturated heterocycles. The first-order chi connectivity index (χ1) is 23.5. The summed E-state index contributed by atoms with van der Waals surface area (Å²) >= 11 is 0. The molecule has 1 aromatic heterocycles. The van der Waals surface area contributed by atoms with Gasteiger partial charge in [0, 0.05) is 43.3 Å². The summed E-state index contributed by atoms with van der Waals surface area (Å²) < 4.78 is 42.0. The fourth-order valence-electron chi connectivity index (χ4n) is 5.59. The van der Waals surface area contributed by atoms with E-state index in [1.807, 2.05) is 0 Å². The number of carbonyl (C=O) groups is 2. The number of aryl methyl sites for hydroxylation is 2. The van der Waals surface area contributed by atoms with Gasteiger partial charge in [0.1, 0.15) is 12.4 Å². The number of ether oxygens (including phenoxy) is 5. The summed E-state index contributed by atoms with van der Waals surface area (Å²) in [6.45, 7) is 6.79. The third kappa shape index (κ3) is 11.5. The molecule has 3 heterocycles. The lowest BCUT2D eigenvalue weighted by atomic mass is 10.0. The lowest BCUT2D eigenvalue weighted by molar-refractivity contribution is -0.144. The van der Waals surface area contributed by atoms with Crippen molar-refractivity contribution in [3.63, 3.8) is 0 Å². The first-order valence-corrected chi connectivity index (χ1v) is 16.6. The van der Waals surface area contributed by atoms with E-state index in [9.17, 15) is 9.59 Å². The molecule has 262 valence electrons. The van der Waals surface area contributed by atoms with Crippen LogP contribution in [0.5, 0.6) is 5.75 Å². The van der Waals surface area contributed by atoms with Crippen LogP contribution < -0.4 is 10.1 Å². The largest absolute Gasteiger partial charge is 0.488 e. The Hall–Kier alpha value is -4.17. The molecule has 14 nitrogen and oxygen atoms in total. The zero-order chi connectivity index (χ0) is 34.0. The first-order valence-electron chi connectivity index (χ1n) is 16.6. The molecule has 0 radical (unpaired) electrons. The van der Waals surface area contributed by atoms with E-state index < -0.39 is 17.8 Å². The summed E-state index contributed by atoms with van der Waals surface area (Å²) in [7, 11) is 0. The predicted octanol–water partition coefficient (Wildman–Crippen LogP) is 4.68. The Bertz CT molecular complexity index is 1380. The molecule has 2 amide bonds. The molecule has 0 saturated carbocycles. The van der Waals surface area contributed by atoms with E-state index in [0.717, 1.165) is 43.7 Å². The number of halogens is 1. The van der Waals surface area contributed by atoms with Gasteiger partial charge in [-0.15, -0.1) is 0 Å². The minimum Gasteiger partial charge on any atom is -0.488 e. The predicted molar refractivity (Wildman–Crippen MR) is 175 cm³/mol. The van der Waals surface area contributed by atoms with Crippen molar-refractivity contribution >= 4 is 17.8 Å². The van der Waals surface area contributed by atoms with Crippen LogP contribution >= 0.6 is 0 Å². The van der Waals surface area contributed by atoms with Gasteiger partial charge < -0.3 is 38.8 Å². The highest BCUT2D eigenvalue weighted by Crippen LogP contribution is 2.32. The van der Waals surface area contributed by atoms with Crippen LogP contribution in [0.2, 0.25) is 0 Å². The third-order valence-electron chi connectivity index (χ3n) is 7.95. The highest BCUT2D eigenvalue weighted by atomic mass is 19.1. The molecule has 1 N–H and O–H groups in total. The van der Waals surface area contributed by atoms with Crippen LogP contribution in [0.3, 0.4) is 0 Å². The second kappa shape index (κ2) is 20.3. The summed E-state index contributed by atoms with van der Waals surface area (Å²) in [6.07, 6.45) is 3.56. The Labute approximate surface area is 280 Å². The Morgan fingerprint density at radius 2 is 1.85 bits per heavy atom. The monoisotopic (exact) mass is 671 g/mol. The Morgan fingerprint density at radius 3 is 2.60 bits per heavy atom. The van der Waals surface area contributed by atoms with Crippen LogP contribution in [0.4, 0.5) is 15.0 Å². The van der Waals surface area contributed by atoms with Gasteiger partial charge in [-0.3, -0.25) is 4.79 Å². The smallest absolute Gasteiger partial charge is 0.320 e. The molecule has 1 atom stereocenters. The van der Waals surface area contributed by atoms with Gasteiger partial charge in [0.05, 0.1) is 58.7 Å². The standard InChI is InChI=1S/C33H46FN7O7/c1-2-47-31(42)24-29(41-15-14-40(33(41)43)13-4-6-27-9-7-25-5-3-11-36-32(25)38-27)26-8-10-30(28(34)23-26)48-22-21-46-20-19-45-18-17-44-16-12-37-39-35/h7-10,23,29H,2-6,11-22,24H2,1H3,(H,36,38)/t29-/m1/s1. The number of urea groups is 1. The molecule has 48 heavy (non-hydrogen) atoms. The van der Waals surface area contributed by atoms with Gasteiger partial charge in [-0.1, -0.05) is 17.2 Å². The highest BCUT2D eigenvalue weighted by Gasteiger charge is 2.36. The van der Waals surface area contributed by atoms with Crippen molar-refractivity contribution in [1.82, 2.24) is 14.8 Å². The number of aromatic nitrogens is 1. The van der Waals surface area contributed by atoms with Crippen molar-refractivity contribution in [2.45, 2.75) is 45.1 Å². The lowest BCUT2D eigenvalue weighted by Gasteiger charge is -2.28. The maximum absolute atomic E-state index is 15.2. The normalized spacial score (nSPS) is 14.7. The summed E-state index contributed by atoms with van der Waals surface area (Å²) in [6, 6.07) is 7.82. The molecule has 0 spiro atoms. The second-order valence-electron chi connectivity index (χ2n) is 11.3. The van der Waals surface area contributed by atoms with E-state index in [4.69, 9.17) is 34.2 Å². The number of esters is 1. The van der Waals surface area contributed by atoms with Crippen molar-refractivity contribution in [3.8, 4) is 5.75 Å². The van der Waals surface area contributed by atoms with Crippen molar-refractivity contribution in [2.24, 2.45) is 5.11 Å². The van der Waals surface area contributed by atoms with Crippen molar-refractivity contribution in [3.05, 3.63) is 63.4 Å². The van der Waals surface area contributed by atoms with Crippen LogP contribution in [0.1, 0.15) is 49.0 Å². The highest BCUT2D eigenvalue weighted by molar-refractivity contribution is 5.78. The first kappa shape index (κ1) is 36.7. The van der Waals surface area contributed by atoms with Crippen LogP contribution in [-0.2, 0) is 36.6 Å². The third-order valence-corrected chi connectivity index (χ3v) is 7.95. The van der Waals surface area contributed by atoms with E-state index in [1.54, 1.807) is 22.8 Å². The summed E-state index contributed by atoms with van der Waals surface area (Å²) in [5, 5.41) is 6.73. The molecule has 1 fully saturated rings. The van der Waals surface area contributed by atoms with Crippen LogP contribution in [0.25, 0.3) is 10.4 Å². The van der Waals surface area contributed by atoms with Gasteiger partial charge >= 0.3 is 12.0 Å². The second-order valence-corrected chi connectivity index (χ2v) is 11.3. The Balaban J connectivity index is 1.23. The topological polar surface area (TPSA) is 160 Å². The van der Waals surface area contributed by atoms with Gasteiger partial charge in [0.15, 0.2) is 11.6 Å². The molecule has 0 unspecified atom stereocenters. The van der Waals surface area contributed by atoms with Crippen LogP contribution in [-0.4, -0.2) is 112 Å². The molecule has 1 aromatic carbocycles. The number of carbonyl (C=O) groups excluding carboxylic acids is 2. The molecular weight excluding hydrogens is 625 g/mol.